The fraction of sp³-hybridized carbons (Fsp3) is 0.414. The molecular formula is C29H42FNO4S. The van der Waals surface area contributed by atoms with Gasteiger partial charge in [-0.3, -0.25) is 4.90 Å². The lowest BCUT2D eigenvalue weighted by molar-refractivity contribution is 0.136. The molecule has 3 unspecified atom stereocenters. The van der Waals surface area contributed by atoms with Gasteiger partial charge >= 0.3 is 0 Å². The third-order valence-corrected chi connectivity index (χ3v) is 5.16. The Morgan fingerprint density at radius 3 is 2.11 bits per heavy atom. The molecule has 2 aromatic carbocycles. The van der Waals surface area contributed by atoms with E-state index < -0.39 is 6.10 Å². The number of benzene rings is 2. The van der Waals surface area contributed by atoms with Crippen LogP contribution in [-0.2, 0) is 4.74 Å². The van der Waals surface area contributed by atoms with E-state index in [2.05, 4.69) is 0 Å². The van der Waals surface area contributed by atoms with Gasteiger partial charge in [-0.15, -0.1) is 0 Å². The number of anilines is 1. The summed E-state index contributed by atoms with van der Waals surface area (Å²) in [7, 11) is 0. The Morgan fingerprint density at radius 1 is 1.11 bits per heavy atom. The molecule has 0 aliphatic carbocycles. The van der Waals surface area contributed by atoms with E-state index in [1.165, 1.54) is 12.1 Å². The van der Waals surface area contributed by atoms with Crippen molar-refractivity contribution in [1.29, 1.82) is 0 Å². The van der Waals surface area contributed by atoms with Crippen LogP contribution >= 0.6 is 12.2 Å². The van der Waals surface area contributed by atoms with E-state index in [9.17, 15) is 9.50 Å². The minimum absolute atomic E-state index is 0.0437. The SMILES string of the molecule is C/C=C(\C)O.C/C=C\C(C)O.CC.OC(CCC1CN(c2ccccc2)C(=S)O1)c1ccc(F)cc1. The smallest absolute Gasteiger partial charge is 0.264 e. The normalized spacial score (nSPS) is 16.5. The van der Waals surface area contributed by atoms with E-state index in [0.717, 1.165) is 5.69 Å². The molecule has 0 bridgehead atoms. The van der Waals surface area contributed by atoms with Gasteiger partial charge in [-0.05, 0) is 82.6 Å². The van der Waals surface area contributed by atoms with E-state index in [4.69, 9.17) is 27.2 Å². The van der Waals surface area contributed by atoms with Crippen molar-refractivity contribution in [3.05, 3.63) is 90.0 Å². The monoisotopic (exact) mass is 519 g/mol. The highest BCUT2D eigenvalue weighted by molar-refractivity contribution is 7.80. The first kappa shape index (κ1) is 33.3. The van der Waals surface area contributed by atoms with E-state index >= 15 is 0 Å². The summed E-state index contributed by atoms with van der Waals surface area (Å²) in [5.74, 6) is 0.0777. The average Bonchev–Trinajstić information content (AvgIpc) is 3.25. The van der Waals surface area contributed by atoms with Crippen LogP contribution in [0.2, 0.25) is 0 Å². The molecule has 3 N–H and O–H groups in total. The van der Waals surface area contributed by atoms with Crippen molar-refractivity contribution >= 4 is 23.1 Å². The summed E-state index contributed by atoms with van der Waals surface area (Å²) >= 11 is 5.29. The predicted molar refractivity (Wildman–Crippen MR) is 152 cm³/mol. The molecule has 0 amide bonds. The van der Waals surface area contributed by atoms with Crippen LogP contribution in [0.15, 0.2) is 78.6 Å². The highest BCUT2D eigenvalue weighted by Crippen LogP contribution is 2.26. The van der Waals surface area contributed by atoms with Crippen molar-refractivity contribution in [2.24, 2.45) is 0 Å². The molecule has 1 aliphatic rings. The van der Waals surface area contributed by atoms with Crippen molar-refractivity contribution in [2.45, 2.75) is 72.7 Å². The number of nitrogens with zero attached hydrogens (tertiary/aromatic N) is 1. The molecule has 3 atom stereocenters. The van der Waals surface area contributed by atoms with Crippen molar-refractivity contribution in [1.82, 2.24) is 0 Å². The first-order chi connectivity index (χ1) is 17.2. The Kier molecular flexibility index (Phi) is 18.0. The molecule has 3 rings (SSSR count). The number of ether oxygens (including phenoxy) is 1. The zero-order valence-electron chi connectivity index (χ0n) is 22.3. The lowest BCUT2D eigenvalue weighted by atomic mass is 10.0. The third kappa shape index (κ3) is 14.0. The van der Waals surface area contributed by atoms with Gasteiger partial charge in [-0.2, -0.15) is 0 Å². The number of hydrogen-bond acceptors (Lipinski definition) is 5. The maximum absolute atomic E-state index is 12.9. The number of aliphatic hydroxyl groups is 3. The van der Waals surface area contributed by atoms with Gasteiger partial charge in [0.15, 0.2) is 0 Å². The Labute approximate surface area is 221 Å². The molecule has 5 nitrogen and oxygen atoms in total. The van der Waals surface area contributed by atoms with Gasteiger partial charge in [0.25, 0.3) is 5.17 Å². The number of rotatable bonds is 6. The molecular weight excluding hydrogens is 477 g/mol. The molecule has 0 saturated carbocycles. The molecule has 200 valence electrons. The molecule has 1 aliphatic heterocycles. The number of aliphatic hydroxyl groups excluding tert-OH is 3. The van der Waals surface area contributed by atoms with Crippen molar-refractivity contribution in [3.63, 3.8) is 0 Å². The average molecular weight is 520 g/mol. The maximum Gasteiger partial charge on any atom is 0.264 e. The van der Waals surface area contributed by atoms with E-state index in [-0.39, 0.29) is 18.0 Å². The molecule has 1 heterocycles. The van der Waals surface area contributed by atoms with Crippen LogP contribution in [0.1, 0.15) is 66.1 Å². The van der Waals surface area contributed by atoms with Gasteiger partial charge in [0.2, 0.25) is 0 Å². The number of hydrogen-bond donors (Lipinski definition) is 3. The Hall–Kier alpha value is -2.74. The maximum atomic E-state index is 12.9. The zero-order valence-corrected chi connectivity index (χ0v) is 23.1. The molecule has 1 saturated heterocycles. The topological polar surface area (TPSA) is 73.2 Å². The molecule has 0 aromatic heterocycles. The highest BCUT2D eigenvalue weighted by Gasteiger charge is 2.29. The van der Waals surface area contributed by atoms with Gasteiger partial charge < -0.3 is 20.1 Å². The number of thiocarbonyl (C=S) groups is 1. The molecule has 7 heteroatoms. The molecule has 0 radical (unpaired) electrons. The third-order valence-electron chi connectivity index (χ3n) is 4.85. The van der Waals surface area contributed by atoms with Crippen LogP contribution in [0.4, 0.5) is 10.1 Å². The molecule has 0 spiro atoms. The highest BCUT2D eigenvalue weighted by atomic mass is 32.1. The standard InChI is InChI=1S/C18H18FNO2S.C5H10O.C4H8O.C2H6/c19-14-8-6-13(7-9-14)17(21)11-10-16-12-20(18(23)22-16)15-4-2-1-3-5-15;1-3-4-5(2)6;1-3-4(2)5;1-2/h1-9,16-17,21H,10-12H2;3-6H,1-2H3;3,5H,1-2H3;1-2H3/b;4-3-;4-3+;. The van der Waals surface area contributed by atoms with Crippen molar-refractivity contribution in [2.75, 3.05) is 11.4 Å². The van der Waals surface area contributed by atoms with Gasteiger partial charge in [0.1, 0.15) is 11.9 Å². The first-order valence-corrected chi connectivity index (χ1v) is 12.7. The second kappa shape index (κ2) is 19.4. The Balaban J connectivity index is 0.000000787. The Bertz CT molecular complexity index is 897. The second-order valence-electron chi connectivity index (χ2n) is 7.79. The Morgan fingerprint density at radius 2 is 1.67 bits per heavy atom. The van der Waals surface area contributed by atoms with E-state index in [1.54, 1.807) is 45.1 Å². The summed E-state index contributed by atoms with van der Waals surface area (Å²) in [4.78, 5) is 1.96. The minimum atomic E-state index is -0.626. The van der Waals surface area contributed by atoms with Crippen molar-refractivity contribution < 1.29 is 24.4 Å². The fourth-order valence-corrected chi connectivity index (χ4v) is 3.28. The summed E-state index contributed by atoms with van der Waals surface area (Å²) in [5.41, 5.74) is 1.73. The summed E-state index contributed by atoms with van der Waals surface area (Å²) in [6.07, 6.45) is 5.46. The van der Waals surface area contributed by atoms with E-state index in [0.29, 0.717) is 35.9 Å². The van der Waals surface area contributed by atoms with Crippen LogP contribution in [0.25, 0.3) is 0 Å². The van der Waals surface area contributed by atoms with Gasteiger partial charge in [0, 0.05) is 5.69 Å². The molecule has 1 fully saturated rings. The first-order valence-electron chi connectivity index (χ1n) is 12.3. The largest absolute Gasteiger partial charge is 0.513 e. The number of halogens is 1. The quantitative estimate of drug-likeness (QED) is 0.212. The summed E-state index contributed by atoms with van der Waals surface area (Å²) < 4.78 is 18.6. The lowest BCUT2D eigenvalue weighted by Gasteiger charge is -2.15. The van der Waals surface area contributed by atoms with Gasteiger partial charge in [-0.1, -0.05) is 62.4 Å². The number of allylic oxidation sites excluding steroid dienone is 3. The van der Waals surface area contributed by atoms with Crippen LogP contribution in [0, 0.1) is 5.82 Å². The second-order valence-corrected chi connectivity index (χ2v) is 8.14. The summed E-state index contributed by atoms with van der Waals surface area (Å²) in [6, 6.07) is 15.8. The van der Waals surface area contributed by atoms with Crippen LogP contribution in [0.3, 0.4) is 0 Å². The van der Waals surface area contributed by atoms with Crippen LogP contribution in [-0.4, -0.2) is 39.2 Å². The van der Waals surface area contributed by atoms with Gasteiger partial charge in [-0.25, -0.2) is 4.39 Å². The summed E-state index contributed by atoms with van der Waals surface area (Å²) in [5, 5.41) is 27.4. The minimum Gasteiger partial charge on any atom is -0.513 e. The fourth-order valence-electron chi connectivity index (χ4n) is 2.96. The zero-order chi connectivity index (χ0) is 27.5. The van der Waals surface area contributed by atoms with Crippen LogP contribution in [0.5, 0.6) is 0 Å². The van der Waals surface area contributed by atoms with E-state index in [1.807, 2.05) is 62.1 Å². The van der Waals surface area contributed by atoms with Gasteiger partial charge in [0.05, 0.1) is 24.5 Å². The predicted octanol–water partition coefficient (Wildman–Crippen LogP) is 7.27. The lowest BCUT2D eigenvalue weighted by Crippen LogP contribution is -2.24. The molecule has 36 heavy (non-hydrogen) atoms. The number of para-hydroxylation sites is 1. The van der Waals surface area contributed by atoms with Crippen molar-refractivity contribution in [3.8, 4) is 0 Å². The molecule has 2 aromatic rings. The summed E-state index contributed by atoms with van der Waals surface area (Å²) in [6.45, 7) is 11.7. The van der Waals surface area contributed by atoms with Crippen LogP contribution < -0.4 is 4.90 Å².